The maximum absolute atomic E-state index is 13.7. The van der Waals surface area contributed by atoms with Crippen LogP contribution in [0.1, 0.15) is 49.5 Å². The van der Waals surface area contributed by atoms with Crippen LogP contribution in [0.15, 0.2) is 18.2 Å². The fourth-order valence-corrected chi connectivity index (χ4v) is 1.64. The molecule has 2 N–H and O–H groups in total. The van der Waals surface area contributed by atoms with Gasteiger partial charge in [0, 0.05) is 18.5 Å². The molecular weight excluding hydrogens is 269 g/mol. The quantitative estimate of drug-likeness (QED) is 0.838. The molecule has 1 aromatic rings. The average Bonchev–Trinajstić information content (AvgIpc) is 2.39. The molecule has 1 aromatic carbocycles. The minimum atomic E-state index is -0.559. The van der Waals surface area contributed by atoms with Crippen LogP contribution in [0.25, 0.3) is 0 Å². The van der Waals surface area contributed by atoms with E-state index in [9.17, 15) is 9.18 Å². The molecule has 0 heterocycles. The fraction of sp³-hybridized carbons (Fsp3) is 0.471. The Morgan fingerprint density at radius 1 is 1.38 bits per heavy atom. The standard InChI is InChI=1S/C17H22FNO2/c1-17(2,3)9-10-19-16(21)14-12-13(6-4-5-11-20)7-8-15(14)18/h7-8,12,20H,5,9-11H2,1-3H3,(H,19,21). The lowest BCUT2D eigenvalue weighted by Gasteiger charge is -2.18. The second kappa shape index (κ2) is 7.80. The smallest absolute Gasteiger partial charge is 0.254 e. The van der Waals surface area contributed by atoms with Crippen molar-refractivity contribution in [2.24, 2.45) is 5.41 Å². The van der Waals surface area contributed by atoms with Gasteiger partial charge in [-0.1, -0.05) is 32.6 Å². The number of nitrogens with one attached hydrogen (secondary N) is 1. The number of aliphatic hydroxyl groups is 1. The zero-order valence-electron chi connectivity index (χ0n) is 12.8. The number of halogens is 1. The average molecular weight is 291 g/mol. The maximum Gasteiger partial charge on any atom is 0.254 e. The number of hydrogen-bond donors (Lipinski definition) is 2. The highest BCUT2D eigenvalue weighted by Crippen LogP contribution is 2.17. The number of benzene rings is 1. The third-order valence-corrected chi connectivity index (χ3v) is 2.84. The molecule has 0 radical (unpaired) electrons. The number of aliphatic hydroxyl groups excluding tert-OH is 1. The van der Waals surface area contributed by atoms with E-state index in [0.29, 0.717) is 18.5 Å². The van der Waals surface area contributed by atoms with Gasteiger partial charge in [0.2, 0.25) is 0 Å². The van der Waals surface area contributed by atoms with E-state index in [1.807, 2.05) is 0 Å². The Balaban J connectivity index is 2.75. The molecule has 3 nitrogen and oxygen atoms in total. The summed E-state index contributed by atoms with van der Waals surface area (Å²) in [5.41, 5.74) is 0.675. The third kappa shape index (κ3) is 6.42. The van der Waals surface area contributed by atoms with E-state index in [2.05, 4.69) is 37.9 Å². The molecule has 0 aromatic heterocycles. The van der Waals surface area contributed by atoms with Crippen molar-refractivity contribution in [3.8, 4) is 11.8 Å². The highest BCUT2D eigenvalue weighted by molar-refractivity contribution is 5.94. The van der Waals surface area contributed by atoms with Gasteiger partial charge in [-0.15, -0.1) is 0 Å². The van der Waals surface area contributed by atoms with Crippen LogP contribution in [0, 0.1) is 23.1 Å². The Bertz CT molecular complexity index is 550. The summed E-state index contributed by atoms with van der Waals surface area (Å²) in [6, 6.07) is 4.19. The Hall–Kier alpha value is -1.86. The first-order chi connectivity index (χ1) is 9.83. The largest absolute Gasteiger partial charge is 0.395 e. The van der Waals surface area contributed by atoms with Crippen LogP contribution in [-0.2, 0) is 0 Å². The lowest BCUT2D eigenvalue weighted by molar-refractivity contribution is 0.0945. The van der Waals surface area contributed by atoms with Crippen molar-refractivity contribution >= 4 is 5.91 Å². The Morgan fingerprint density at radius 3 is 2.71 bits per heavy atom. The van der Waals surface area contributed by atoms with Gasteiger partial charge in [0.05, 0.1) is 12.2 Å². The maximum atomic E-state index is 13.7. The van der Waals surface area contributed by atoms with E-state index in [1.54, 1.807) is 0 Å². The van der Waals surface area contributed by atoms with Crippen LogP contribution < -0.4 is 5.32 Å². The molecule has 0 aliphatic rings. The molecule has 0 saturated heterocycles. The van der Waals surface area contributed by atoms with Gasteiger partial charge in [0.1, 0.15) is 5.82 Å². The molecule has 0 unspecified atom stereocenters. The molecule has 0 aliphatic carbocycles. The van der Waals surface area contributed by atoms with Crippen LogP contribution >= 0.6 is 0 Å². The molecule has 0 saturated carbocycles. The Kier molecular flexibility index (Phi) is 6.39. The lowest BCUT2D eigenvalue weighted by atomic mass is 9.92. The highest BCUT2D eigenvalue weighted by atomic mass is 19.1. The normalized spacial score (nSPS) is 10.7. The number of amides is 1. The zero-order chi connectivity index (χ0) is 15.9. The summed E-state index contributed by atoms with van der Waals surface area (Å²) in [7, 11) is 0. The van der Waals surface area contributed by atoms with Crippen molar-refractivity contribution in [1.82, 2.24) is 5.32 Å². The summed E-state index contributed by atoms with van der Waals surface area (Å²) in [6.07, 6.45) is 1.17. The first-order valence-electron chi connectivity index (χ1n) is 7.01. The van der Waals surface area contributed by atoms with Crippen LogP contribution in [-0.4, -0.2) is 24.2 Å². The molecule has 1 rings (SSSR count). The highest BCUT2D eigenvalue weighted by Gasteiger charge is 2.14. The molecule has 114 valence electrons. The number of carbonyl (C=O) groups is 1. The molecule has 0 atom stereocenters. The van der Waals surface area contributed by atoms with Crippen molar-refractivity contribution < 1.29 is 14.3 Å². The van der Waals surface area contributed by atoms with Crippen LogP contribution in [0.3, 0.4) is 0 Å². The van der Waals surface area contributed by atoms with E-state index in [0.717, 1.165) is 6.42 Å². The van der Waals surface area contributed by atoms with Gasteiger partial charge in [-0.3, -0.25) is 4.79 Å². The molecular formula is C17H22FNO2. The van der Waals surface area contributed by atoms with Crippen molar-refractivity contribution in [2.75, 3.05) is 13.2 Å². The lowest BCUT2D eigenvalue weighted by Crippen LogP contribution is -2.28. The first-order valence-corrected chi connectivity index (χ1v) is 7.01. The van der Waals surface area contributed by atoms with Crippen molar-refractivity contribution in [2.45, 2.75) is 33.6 Å². The summed E-state index contributed by atoms with van der Waals surface area (Å²) in [4.78, 5) is 12.0. The number of rotatable bonds is 4. The second-order valence-electron chi connectivity index (χ2n) is 6.04. The van der Waals surface area contributed by atoms with Crippen LogP contribution in [0.2, 0.25) is 0 Å². The van der Waals surface area contributed by atoms with Gasteiger partial charge >= 0.3 is 0 Å². The van der Waals surface area contributed by atoms with Gasteiger partial charge in [0.15, 0.2) is 0 Å². The first kappa shape index (κ1) is 17.2. The van der Waals surface area contributed by atoms with Gasteiger partial charge < -0.3 is 10.4 Å². The van der Waals surface area contributed by atoms with E-state index in [-0.39, 0.29) is 17.6 Å². The summed E-state index contributed by atoms with van der Waals surface area (Å²) in [5.74, 6) is 4.55. The van der Waals surface area contributed by atoms with E-state index in [1.165, 1.54) is 18.2 Å². The van der Waals surface area contributed by atoms with Crippen molar-refractivity contribution in [1.29, 1.82) is 0 Å². The summed E-state index contributed by atoms with van der Waals surface area (Å²) >= 11 is 0. The second-order valence-corrected chi connectivity index (χ2v) is 6.04. The van der Waals surface area contributed by atoms with E-state index >= 15 is 0 Å². The number of hydrogen-bond acceptors (Lipinski definition) is 2. The minimum Gasteiger partial charge on any atom is -0.395 e. The number of carbonyl (C=O) groups excluding carboxylic acids is 1. The topological polar surface area (TPSA) is 49.3 Å². The minimum absolute atomic E-state index is 0.000271. The molecule has 0 bridgehead atoms. The van der Waals surface area contributed by atoms with Gasteiger partial charge in [0.25, 0.3) is 5.91 Å². The molecule has 0 spiro atoms. The predicted octanol–water partition coefficient (Wildman–Crippen LogP) is 2.73. The predicted molar refractivity (Wildman–Crippen MR) is 81.4 cm³/mol. The monoisotopic (exact) mass is 291 g/mol. The zero-order valence-corrected chi connectivity index (χ0v) is 12.8. The summed E-state index contributed by atoms with van der Waals surface area (Å²) in [6.45, 7) is 6.72. The summed E-state index contributed by atoms with van der Waals surface area (Å²) in [5, 5.41) is 11.4. The van der Waals surface area contributed by atoms with Crippen LogP contribution in [0.4, 0.5) is 4.39 Å². The van der Waals surface area contributed by atoms with E-state index < -0.39 is 11.7 Å². The third-order valence-electron chi connectivity index (χ3n) is 2.84. The van der Waals surface area contributed by atoms with Gasteiger partial charge in [-0.2, -0.15) is 0 Å². The van der Waals surface area contributed by atoms with Gasteiger partial charge in [-0.25, -0.2) is 4.39 Å². The SMILES string of the molecule is CC(C)(C)CCNC(=O)c1cc(C#CCCO)ccc1F. The molecule has 4 heteroatoms. The molecule has 21 heavy (non-hydrogen) atoms. The summed E-state index contributed by atoms with van der Waals surface area (Å²) < 4.78 is 13.7. The Labute approximate surface area is 125 Å². The van der Waals surface area contributed by atoms with E-state index in [4.69, 9.17) is 5.11 Å². The molecule has 0 aliphatic heterocycles. The molecule has 0 fully saturated rings. The van der Waals surface area contributed by atoms with Crippen LogP contribution in [0.5, 0.6) is 0 Å². The van der Waals surface area contributed by atoms with Crippen molar-refractivity contribution in [3.05, 3.63) is 35.1 Å². The fourth-order valence-electron chi connectivity index (χ4n) is 1.64. The van der Waals surface area contributed by atoms with Crippen molar-refractivity contribution in [3.63, 3.8) is 0 Å². The van der Waals surface area contributed by atoms with Gasteiger partial charge in [-0.05, 0) is 30.0 Å². The molecule has 1 amide bonds. The Morgan fingerprint density at radius 2 is 2.10 bits per heavy atom.